The van der Waals surface area contributed by atoms with Gasteiger partial charge in [0.2, 0.25) is 5.91 Å². The first-order valence-electron chi connectivity index (χ1n) is 10.5. The number of hydrogen-bond acceptors (Lipinski definition) is 3. The standard InChI is InChI=1S/C26H21N3O2/c30-25(22-14-19-7-3-4-8-20(19)15-22)27-16-23-24(28-26-29(23)11-12-31-26)21-10-9-17-5-1-2-6-18(17)13-21/h1-13,22H,14-16H2,(H,27,30). The van der Waals surface area contributed by atoms with E-state index >= 15 is 0 Å². The van der Waals surface area contributed by atoms with Gasteiger partial charge in [0.15, 0.2) is 0 Å². The number of carbonyl (C=O) groups is 1. The molecule has 5 aromatic rings. The molecule has 0 radical (unpaired) electrons. The minimum absolute atomic E-state index is 0.0192. The molecule has 5 nitrogen and oxygen atoms in total. The van der Waals surface area contributed by atoms with Crippen LogP contribution in [0.4, 0.5) is 0 Å². The van der Waals surface area contributed by atoms with Gasteiger partial charge in [-0.2, -0.15) is 4.98 Å². The molecule has 1 aliphatic rings. The van der Waals surface area contributed by atoms with Crippen molar-refractivity contribution in [2.45, 2.75) is 19.4 Å². The Morgan fingerprint density at radius 3 is 2.55 bits per heavy atom. The van der Waals surface area contributed by atoms with Gasteiger partial charge in [-0.1, -0.05) is 60.7 Å². The summed E-state index contributed by atoms with van der Waals surface area (Å²) < 4.78 is 7.45. The summed E-state index contributed by atoms with van der Waals surface area (Å²) in [5.41, 5.74) is 5.32. The van der Waals surface area contributed by atoms with Crippen molar-refractivity contribution in [3.05, 3.63) is 96.0 Å². The van der Waals surface area contributed by atoms with E-state index in [4.69, 9.17) is 9.40 Å². The molecule has 0 bridgehead atoms. The van der Waals surface area contributed by atoms with Crippen molar-refractivity contribution < 1.29 is 9.21 Å². The SMILES string of the molecule is O=C(NCc1c(-c2ccc3ccccc3c2)nc2occn12)C1Cc2ccccc2C1. The second kappa shape index (κ2) is 7.13. The molecule has 1 N–H and O–H groups in total. The number of hydrogen-bond donors (Lipinski definition) is 1. The van der Waals surface area contributed by atoms with Crippen LogP contribution in [0, 0.1) is 5.92 Å². The van der Waals surface area contributed by atoms with Crippen LogP contribution in [-0.4, -0.2) is 15.3 Å². The average molecular weight is 407 g/mol. The number of fused-ring (bicyclic) bond motifs is 3. The molecular formula is C26H21N3O2. The maximum Gasteiger partial charge on any atom is 0.306 e. The third kappa shape index (κ3) is 3.10. The molecule has 0 unspecified atom stereocenters. The Labute approximate surface area is 179 Å². The molecule has 0 atom stereocenters. The van der Waals surface area contributed by atoms with Gasteiger partial charge >= 0.3 is 5.84 Å². The van der Waals surface area contributed by atoms with Crippen molar-refractivity contribution in [1.82, 2.24) is 14.7 Å². The first kappa shape index (κ1) is 18.0. The van der Waals surface area contributed by atoms with Crippen molar-refractivity contribution in [1.29, 1.82) is 0 Å². The summed E-state index contributed by atoms with van der Waals surface area (Å²) in [6, 6.07) is 22.9. The average Bonchev–Trinajstić information content (AvgIpc) is 3.51. The Hall–Kier alpha value is -3.86. The minimum atomic E-state index is -0.0192. The summed E-state index contributed by atoms with van der Waals surface area (Å²) in [6.45, 7) is 0.397. The van der Waals surface area contributed by atoms with Gasteiger partial charge in [-0.15, -0.1) is 0 Å². The molecule has 1 amide bonds. The van der Waals surface area contributed by atoms with Gasteiger partial charge in [-0.25, -0.2) is 0 Å². The lowest BCUT2D eigenvalue weighted by atomic mass is 10.0. The summed E-state index contributed by atoms with van der Waals surface area (Å²) in [6.07, 6.45) is 5.06. The zero-order valence-electron chi connectivity index (χ0n) is 16.9. The molecule has 31 heavy (non-hydrogen) atoms. The topological polar surface area (TPSA) is 59.5 Å². The summed E-state index contributed by atoms with van der Waals surface area (Å²) in [5, 5.41) is 5.49. The molecule has 6 rings (SSSR count). The molecule has 0 aliphatic heterocycles. The Kier molecular flexibility index (Phi) is 4.13. The molecule has 2 aromatic heterocycles. The van der Waals surface area contributed by atoms with Crippen LogP contribution >= 0.6 is 0 Å². The van der Waals surface area contributed by atoms with Crippen LogP contribution in [-0.2, 0) is 24.2 Å². The predicted molar refractivity (Wildman–Crippen MR) is 120 cm³/mol. The largest absolute Gasteiger partial charge is 0.432 e. The smallest absolute Gasteiger partial charge is 0.306 e. The van der Waals surface area contributed by atoms with Crippen LogP contribution in [0.2, 0.25) is 0 Å². The summed E-state index contributed by atoms with van der Waals surface area (Å²) in [4.78, 5) is 17.6. The zero-order valence-corrected chi connectivity index (χ0v) is 16.9. The second-order valence-electron chi connectivity index (χ2n) is 8.12. The summed E-state index contributed by atoms with van der Waals surface area (Å²) in [7, 11) is 0. The van der Waals surface area contributed by atoms with Crippen molar-refractivity contribution >= 4 is 22.5 Å². The Morgan fingerprint density at radius 1 is 1.00 bits per heavy atom. The van der Waals surface area contributed by atoms with Crippen LogP contribution in [0.1, 0.15) is 16.8 Å². The molecule has 5 heteroatoms. The lowest BCUT2D eigenvalue weighted by molar-refractivity contribution is -0.124. The Morgan fingerprint density at radius 2 is 1.74 bits per heavy atom. The van der Waals surface area contributed by atoms with Gasteiger partial charge < -0.3 is 9.73 Å². The van der Waals surface area contributed by atoms with Gasteiger partial charge in [0.05, 0.1) is 17.9 Å². The lowest BCUT2D eigenvalue weighted by Gasteiger charge is -2.11. The lowest BCUT2D eigenvalue weighted by Crippen LogP contribution is -2.31. The van der Waals surface area contributed by atoms with Crippen molar-refractivity contribution in [3.63, 3.8) is 0 Å². The number of benzene rings is 3. The number of nitrogens with zero attached hydrogens (tertiary/aromatic N) is 2. The van der Waals surface area contributed by atoms with Crippen LogP contribution < -0.4 is 5.32 Å². The van der Waals surface area contributed by atoms with Crippen LogP contribution in [0.15, 0.2) is 83.6 Å². The number of amides is 1. The summed E-state index contributed by atoms with van der Waals surface area (Å²) >= 11 is 0. The highest BCUT2D eigenvalue weighted by Gasteiger charge is 2.27. The van der Waals surface area contributed by atoms with Gasteiger partial charge in [-0.05, 0) is 40.8 Å². The Balaban J connectivity index is 1.29. The minimum Gasteiger partial charge on any atom is -0.432 e. The van der Waals surface area contributed by atoms with E-state index in [0.717, 1.165) is 35.2 Å². The highest BCUT2D eigenvalue weighted by atomic mass is 16.3. The van der Waals surface area contributed by atoms with E-state index in [2.05, 4.69) is 47.8 Å². The van der Waals surface area contributed by atoms with E-state index in [1.807, 2.05) is 34.9 Å². The van der Waals surface area contributed by atoms with Gasteiger partial charge in [-0.3, -0.25) is 9.20 Å². The van der Waals surface area contributed by atoms with Crippen LogP contribution in [0.5, 0.6) is 0 Å². The molecule has 0 fully saturated rings. The number of imidazole rings is 1. The molecule has 0 saturated carbocycles. The molecular weight excluding hydrogens is 386 g/mol. The third-order valence-corrected chi connectivity index (χ3v) is 6.24. The molecule has 3 aromatic carbocycles. The number of nitrogens with one attached hydrogen (secondary N) is 1. The molecule has 0 saturated heterocycles. The molecule has 2 heterocycles. The zero-order chi connectivity index (χ0) is 20.8. The molecule has 152 valence electrons. The van der Waals surface area contributed by atoms with Gasteiger partial charge in [0.1, 0.15) is 6.26 Å². The number of rotatable bonds is 4. The van der Waals surface area contributed by atoms with Crippen molar-refractivity contribution in [2.75, 3.05) is 0 Å². The Bertz CT molecular complexity index is 1400. The maximum atomic E-state index is 12.9. The van der Waals surface area contributed by atoms with E-state index in [1.54, 1.807) is 6.26 Å². The van der Waals surface area contributed by atoms with Crippen LogP contribution in [0.3, 0.4) is 0 Å². The molecule has 0 spiro atoms. The monoisotopic (exact) mass is 407 g/mol. The van der Waals surface area contributed by atoms with E-state index in [0.29, 0.717) is 12.4 Å². The second-order valence-corrected chi connectivity index (χ2v) is 8.12. The number of oxazole rings is 1. The fraction of sp³-hybridized carbons (Fsp3) is 0.154. The number of aromatic nitrogens is 2. The maximum absolute atomic E-state index is 12.9. The van der Waals surface area contributed by atoms with Gasteiger partial charge in [0, 0.05) is 17.7 Å². The summed E-state index contributed by atoms with van der Waals surface area (Å²) in [5.74, 6) is 0.592. The first-order chi connectivity index (χ1) is 15.3. The van der Waals surface area contributed by atoms with Crippen molar-refractivity contribution in [2.24, 2.45) is 5.92 Å². The van der Waals surface area contributed by atoms with E-state index in [9.17, 15) is 4.79 Å². The quantitative estimate of drug-likeness (QED) is 0.466. The molecule has 1 aliphatic carbocycles. The first-order valence-corrected chi connectivity index (χ1v) is 10.5. The van der Waals surface area contributed by atoms with Crippen LogP contribution in [0.25, 0.3) is 27.9 Å². The normalized spacial score (nSPS) is 13.7. The highest BCUT2D eigenvalue weighted by Crippen LogP contribution is 2.29. The third-order valence-electron chi connectivity index (χ3n) is 6.24. The predicted octanol–water partition coefficient (Wildman–Crippen LogP) is 4.78. The fourth-order valence-corrected chi connectivity index (χ4v) is 4.63. The van der Waals surface area contributed by atoms with Gasteiger partial charge in [0.25, 0.3) is 0 Å². The van der Waals surface area contributed by atoms with Crippen molar-refractivity contribution in [3.8, 4) is 11.3 Å². The fourth-order valence-electron chi connectivity index (χ4n) is 4.63. The van der Waals surface area contributed by atoms with E-state index < -0.39 is 0 Å². The van der Waals surface area contributed by atoms with E-state index in [-0.39, 0.29) is 11.8 Å². The van der Waals surface area contributed by atoms with E-state index in [1.165, 1.54) is 16.5 Å². The highest BCUT2D eigenvalue weighted by molar-refractivity contribution is 5.87. The number of carbonyl (C=O) groups excluding carboxylic acids is 1.